The van der Waals surface area contributed by atoms with Crippen LogP contribution in [0.4, 0.5) is 5.95 Å². The highest BCUT2D eigenvalue weighted by Gasteiger charge is 2.35. The Morgan fingerprint density at radius 1 is 0.857 bits per heavy atom. The molecule has 35 heavy (non-hydrogen) atoms. The van der Waals surface area contributed by atoms with Crippen LogP contribution in [0.1, 0.15) is 25.1 Å². The van der Waals surface area contributed by atoms with E-state index in [4.69, 9.17) is 9.97 Å². The smallest absolute Gasteiger partial charge is 0.255 e. The van der Waals surface area contributed by atoms with Crippen molar-refractivity contribution in [2.24, 2.45) is 11.3 Å². The second-order valence-electron chi connectivity index (χ2n) is 10.5. The average Bonchev–Trinajstić information content (AvgIpc) is 3.27. The third kappa shape index (κ3) is 4.22. The van der Waals surface area contributed by atoms with Crippen LogP contribution in [0.25, 0.3) is 22.5 Å². The number of hydrogen-bond donors (Lipinski definition) is 0. The molecule has 0 radical (unpaired) electrons. The lowest BCUT2D eigenvalue weighted by molar-refractivity contribution is 0.268. The van der Waals surface area contributed by atoms with Crippen LogP contribution < -0.4 is 10.5 Å². The highest BCUT2D eigenvalue weighted by molar-refractivity contribution is 5.60. The normalized spacial score (nSPS) is 18.2. The van der Waals surface area contributed by atoms with Crippen LogP contribution in [0.15, 0.2) is 72.0 Å². The lowest BCUT2D eigenvalue weighted by atomic mass is 9.90. The topological polar surface area (TPSA) is 76.8 Å². The zero-order valence-electron chi connectivity index (χ0n) is 20.1. The summed E-state index contributed by atoms with van der Waals surface area (Å²) in [6.45, 7) is 6.82. The van der Waals surface area contributed by atoms with Gasteiger partial charge in [0.25, 0.3) is 5.56 Å². The van der Waals surface area contributed by atoms with Gasteiger partial charge in [0.15, 0.2) is 0 Å². The third-order valence-electron chi connectivity index (χ3n) is 6.97. The minimum absolute atomic E-state index is 0.00189. The van der Waals surface area contributed by atoms with E-state index < -0.39 is 0 Å². The number of fused-ring (bicyclic) bond motifs is 2. The molecule has 0 fully saturated rings. The summed E-state index contributed by atoms with van der Waals surface area (Å²) < 4.78 is 1.84. The molecule has 7 nitrogen and oxygen atoms in total. The second-order valence-corrected chi connectivity index (χ2v) is 10.5. The van der Waals surface area contributed by atoms with Crippen LogP contribution in [-0.2, 0) is 19.4 Å². The molecular formula is C28H28N6O. The van der Waals surface area contributed by atoms with Crippen molar-refractivity contribution in [1.82, 2.24) is 24.5 Å². The van der Waals surface area contributed by atoms with E-state index in [-0.39, 0.29) is 11.0 Å². The predicted molar refractivity (Wildman–Crippen MR) is 136 cm³/mol. The quantitative estimate of drug-likeness (QED) is 0.454. The standard InChI is InChI=1S/C28H28N6O/c1-28(2)17-33(27-32-25(15-26(35)34(27)18-28)21-7-11-30-12-8-21)16-19-13-22-3-4-23(31-24(22)14-19)20-5-9-29-10-6-20/h3-12,15,19H,13-14,16-18H2,1-2H3. The van der Waals surface area contributed by atoms with Gasteiger partial charge >= 0.3 is 0 Å². The van der Waals surface area contributed by atoms with Crippen LogP contribution in [0, 0.1) is 11.3 Å². The largest absolute Gasteiger partial charge is 0.341 e. The van der Waals surface area contributed by atoms with Gasteiger partial charge in [-0.05, 0) is 54.7 Å². The number of rotatable bonds is 4. The molecule has 4 aromatic rings. The highest BCUT2D eigenvalue weighted by Crippen LogP contribution is 2.34. The molecule has 0 aromatic carbocycles. The Kier molecular flexibility index (Phi) is 5.20. The van der Waals surface area contributed by atoms with E-state index in [1.54, 1.807) is 30.9 Å². The molecule has 0 saturated carbocycles. The zero-order chi connectivity index (χ0) is 24.0. The van der Waals surface area contributed by atoms with Crippen molar-refractivity contribution in [2.45, 2.75) is 33.2 Å². The Morgan fingerprint density at radius 3 is 2.26 bits per heavy atom. The lowest BCUT2D eigenvalue weighted by Gasteiger charge is -2.41. The number of hydrogen-bond acceptors (Lipinski definition) is 6. The van der Waals surface area contributed by atoms with Gasteiger partial charge in [-0.15, -0.1) is 0 Å². The van der Waals surface area contributed by atoms with Crippen molar-refractivity contribution < 1.29 is 0 Å². The monoisotopic (exact) mass is 464 g/mol. The Balaban J connectivity index is 1.29. The SMILES string of the molecule is CC1(C)CN(CC2Cc3ccc(-c4ccncc4)nc3C2)c2nc(-c3ccncc3)cc(=O)n2C1. The number of nitrogens with zero attached hydrogens (tertiary/aromatic N) is 6. The fraction of sp³-hybridized carbons (Fsp3) is 0.321. The van der Waals surface area contributed by atoms with Crippen molar-refractivity contribution in [2.75, 3.05) is 18.0 Å². The lowest BCUT2D eigenvalue weighted by Crippen LogP contribution is -2.49. The molecule has 7 heteroatoms. The molecule has 1 atom stereocenters. The van der Waals surface area contributed by atoms with E-state index in [0.29, 0.717) is 18.2 Å². The number of pyridine rings is 3. The molecule has 5 heterocycles. The molecule has 1 unspecified atom stereocenters. The molecule has 1 aliphatic carbocycles. The molecule has 6 rings (SSSR count). The van der Waals surface area contributed by atoms with Gasteiger partial charge in [-0.2, -0.15) is 0 Å². The number of anilines is 1. The first kappa shape index (κ1) is 21.6. The fourth-order valence-corrected chi connectivity index (χ4v) is 5.44. The van der Waals surface area contributed by atoms with E-state index in [2.05, 4.69) is 40.8 Å². The van der Waals surface area contributed by atoms with Gasteiger partial charge in [-0.1, -0.05) is 19.9 Å². The Labute approximate surface area is 204 Å². The van der Waals surface area contributed by atoms with Gasteiger partial charge in [-0.3, -0.25) is 24.3 Å². The average molecular weight is 465 g/mol. The van der Waals surface area contributed by atoms with Crippen LogP contribution in [0.3, 0.4) is 0 Å². The fourth-order valence-electron chi connectivity index (χ4n) is 5.44. The maximum absolute atomic E-state index is 13.1. The van der Waals surface area contributed by atoms with Crippen molar-refractivity contribution in [3.05, 3.63) is 88.9 Å². The Morgan fingerprint density at radius 2 is 1.54 bits per heavy atom. The zero-order valence-corrected chi connectivity index (χ0v) is 20.1. The molecule has 176 valence electrons. The molecule has 0 N–H and O–H groups in total. The first-order valence-electron chi connectivity index (χ1n) is 12.1. The minimum atomic E-state index is -0.0189. The van der Waals surface area contributed by atoms with Crippen LogP contribution in [0.2, 0.25) is 0 Å². The summed E-state index contributed by atoms with van der Waals surface area (Å²) >= 11 is 0. The van der Waals surface area contributed by atoms with E-state index >= 15 is 0 Å². The van der Waals surface area contributed by atoms with Crippen molar-refractivity contribution >= 4 is 5.95 Å². The molecule has 0 spiro atoms. The van der Waals surface area contributed by atoms with E-state index in [1.165, 1.54) is 11.3 Å². The molecule has 0 amide bonds. The first-order chi connectivity index (χ1) is 16.9. The summed E-state index contributed by atoms with van der Waals surface area (Å²) in [4.78, 5) is 33.6. The molecule has 1 aliphatic heterocycles. The first-order valence-corrected chi connectivity index (χ1v) is 12.1. The Hall–Kier alpha value is -3.87. The van der Waals surface area contributed by atoms with Gasteiger partial charge in [0.1, 0.15) is 0 Å². The van der Waals surface area contributed by atoms with Crippen LogP contribution in [-0.4, -0.2) is 37.6 Å². The summed E-state index contributed by atoms with van der Waals surface area (Å²) in [6.07, 6.45) is 9.00. The molecule has 2 aliphatic rings. The molecule has 0 bridgehead atoms. The highest BCUT2D eigenvalue weighted by atomic mass is 16.1. The van der Waals surface area contributed by atoms with Crippen LogP contribution >= 0.6 is 0 Å². The minimum Gasteiger partial charge on any atom is -0.341 e. The van der Waals surface area contributed by atoms with E-state index in [1.807, 2.05) is 28.8 Å². The van der Waals surface area contributed by atoms with Crippen molar-refractivity contribution in [3.8, 4) is 22.5 Å². The summed E-state index contributed by atoms with van der Waals surface area (Å²) in [5, 5.41) is 0. The van der Waals surface area contributed by atoms with Crippen LogP contribution in [0.5, 0.6) is 0 Å². The van der Waals surface area contributed by atoms with E-state index in [9.17, 15) is 4.79 Å². The molecule has 0 saturated heterocycles. The maximum Gasteiger partial charge on any atom is 0.255 e. The summed E-state index contributed by atoms with van der Waals surface area (Å²) in [5.41, 5.74) is 6.17. The second kappa shape index (κ2) is 8.41. The predicted octanol–water partition coefficient (Wildman–Crippen LogP) is 4.02. The number of aromatic nitrogens is 5. The maximum atomic E-state index is 13.1. The third-order valence-corrected chi connectivity index (χ3v) is 6.97. The van der Waals surface area contributed by atoms with Gasteiger partial charge in [-0.25, -0.2) is 4.98 Å². The van der Waals surface area contributed by atoms with Gasteiger partial charge in [0.2, 0.25) is 5.95 Å². The van der Waals surface area contributed by atoms with Gasteiger partial charge in [0, 0.05) is 72.7 Å². The van der Waals surface area contributed by atoms with Gasteiger partial charge in [0.05, 0.1) is 11.4 Å². The van der Waals surface area contributed by atoms with E-state index in [0.717, 1.165) is 48.7 Å². The summed E-state index contributed by atoms with van der Waals surface area (Å²) in [7, 11) is 0. The molecular weight excluding hydrogens is 436 g/mol. The van der Waals surface area contributed by atoms with Crippen molar-refractivity contribution in [3.63, 3.8) is 0 Å². The Bertz CT molecular complexity index is 1430. The summed E-state index contributed by atoms with van der Waals surface area (Å²) in [5.74, 6) is 1.19. The summed E-state index contributed by atoms with van der Waals surface area (Å²) in [6, 6.07) is 13.8. The van der Waals surface area contributed by atoms with Gasteiger partial charge < -0.3 is 4.90 Å². The molecule has 4 aromatic heterocycles. The van der Waals surface area contributed by atoms with Crippen molar-refractivity contribution in [1.29, 1.82) is 0 Å².